The third kappa shape index (κ3) is 2.89. The van der Waals surface area contributed by atoms with Crippen LogP contribution in [0.25, 0.3) is 0 Å². The Morgan fingerprint density at radius 2 is 1.88 bits per heavy atom. The molecule has 1 N–H and O–H groups in total. The van der Waals surface area contributed by atoms with Gasteiger partial charge in [-0.2, -0.15) is 0 Å². The molecule has 0 unspecified atom stereocenters. The van der Waals surface area contributed by atoms with Gasteiger partial charge in [-0.15, -0.1) is 13.2 Å². The van der Waals surface area contributed by atoms with E-state index in [0.29, 0.717) is 6.42 Å². The fourth-order valence-corrected chi connectivity index (χ4v) is 1.75. The van der Waals surface area contributed by atoms with Crippen molar-refractivity contribution in [3.8, 4) is 5.75 Å². The molecule has 2 rings (SSSR count). The van der Waals surface area contributed by atoms with Crippen LogP contribution in [0, 0.1) is 5.92 Å². The second-order valence-corrected chi connectivity index (χ2v) is 3.90. The Bertz CT molecular complexity index is 425. The standard InChI is InChI=1S/C11H9F3O3/c12-11(13,14)17-7-3-1-6(2-4-7)8-5-9(8)10(15)16/h1-4,8-9H,5H2,(H,15,16)/t8-,9+/m0/s1. The van der Waals surface area contributed by atoms with Crippen LogP contribution in [-0.4, -0.2) is 17.4 Å². The van der Waals surface area contributed by atoms with Crippen molar-refractivity contribution in [1.29, 1.82) is 0 Å². The van der Waals surface area contributed by atoms with Gasteiger partial charge in [0, 0.05) is 0 Å². The van der Waals surface area contributed by atoms with Gasteiger partial charge in [0.2, 0.25) is 0 Å². The van der Waals surface area contributed by atoms with E-state index in [0.717, 1.165) is 5.56 Å². The number of ether oxygens (including phenoxy) is 1. The fraction of sp³-hybridized carbons (Fsp3) is 0.364. The van der Waals surface area contributed by atoms with E-state index in [9.17, 15) is 18.0 Å². The minimum absolute atomic E-state index is 0.0903. The van der Waals surface area contributed by atoms with Gasteiger partial charge in [0.05, 0.1) is 5.92 Å². The van der Waals surface area contributed by atoms with E-state index in [-0.39, 0.29) is 11.7 Å². The van der Waals surface area contributed by atoms with Crippen molar-refractivity contribution < 1.29 is 27.8 Å². The molecule has 1 aliphatic carbocycles. The maximum Gasteiger partial charge on any atom is 0.573 e. The minimum atomic E-state index is -4.70. The summed E-state index contributed by atoms with van der Waals surface area (Å²) in [4.78, 5) is 10.6. The van der Waals surface area contributed by atoms with Gasteiger partial charge in [0.25, 0.3) is 0 Å². The topological polar surface area (TPSA) is 46.5 Å². The van der Waals surface area contributed by atoms with E-state index in [1.807, 2.05) is 0 Å². The summed E-state index contributed by atoms with van der Waals surface area (Å²) in [6.07, 6.45) is -4.17. The smallest absolute Gasteiger partial charge is 0.481 e. The average molecular weight is 246 g/mol. The molecule has 1 aliphatic rings. The molecule has 1 fully saturated rings. The molecule has 0 radical (unpaired) electrons. The number of benzene rings is 1. The van der Waals surface area contributed by atoms with Crippen LogP contribution >= 0.6 is 0 Å². The maximum absolute atomic E-state index is 11.9. The van der Waals surface area contributed by atoms with E-state index >= 15 is 0 Å². The highest BCUT2D eigenvalue weighted by molar-refractivity contribution is 5.75. The van der Waals surface area contributed by atoms with Crippen molar-refractivity contribution in [3.05, 3.63) is 29.8 Å². The molecule has 0 bridgehead atoms. The van der Waals surface area contributed by atoms with Crippen LogP contribution in [0.1, 0.15) is 17.9 Å². The van der Waals surface area contributed by atoms with Crippen molar-refractivity contribution in [1.82, 2.24) is 0 Å². The summed E-state index contributed by atoms with van der Waals surface area (Å²) in [6, 6.07) is 5.32. The monoisotopic (exact) mass is 246 g/mol. The first-order valence-corrected chi connectivity index (χ1v) is 4.95. The lowest BCUT2D eigenvalue weighted by Crippen LogP contribution is -2.17. The van der Waals surface area contributed by atoms with Crippen LogP contribution in [0.4, 0.5) is 13.2 Å². The molecule has 0 spiro atoms. The minimum Gasteiger partial charge on any atom is -0.481 e. The van der Waals surface area contributed by atoms with Crippen LogP contribution in [0.5, 0.6) is 5.75 Å². The van der Waals surface area contributed by atoms with Crippen molar-refractivity contribution in [3.63, 3.8) is 0 Å². The Hall–Kier alpha value is -1.72. The van der Waals surface area contributed by atoms with Crippen LogP contribution in [0.15, 0.2) is 24.3 Å². The molecule has 17 heavy (non-hydrogen) atoms. The molecule has 2 atom stereocenters. The first kappa shape index (κ1) is 11.8. The molecule has 0 aliphatic heterocycles. The number of hydrogen-bond acceptors (Lipinski definition) is 2. The highest BCUT2D eigenvalue weighted by Gasteiger charge is 2.44. The summed E-state index contributed by atoms with van der Waals surface area (Å²) >= 11 is 0. The van der Waals surface area contributed by atoms with Crippen LogP contribution in [0.3, 0.4) is 0 Å². The number of carboxylic acid groups (broad SMARTS) is 1. The van der Waals surface area contributed by atoms with Crippen molar-refractivity contribution >= 4 is 5.97 Å². The van der Waals surface area contributed by atoms with E-state index < -0.39 is 18.2 Å². The van der Waals surface area contributed by atoms with Crippen LogP contribution in [0.2, 0.25) is 0 Å². The third-order valence-corrected chi connectivity index (χ3v) is 2.65. The highest BCUT2D eigenvalue weighted by Crippen LogP contribution is 2.47. The molecule has 0 heterocycles. The van der Waals surface area contributed by atoms with E-state index in [4.69, 9.17) is 5.11 Å². The maximum atomic E-state index is 11.9. The highest BCUT2D eigenvalue weighted by atomic mass is 19.4. The number of rotatable bonds is 3. The second-order valence-electron chi connectivity index (χ2n) is 3.90. The molecular weight excluding hydrogens is 237 g/mol. The predicted molar refractivity (Wildman–Crippen MR) is 51.6 cm³/mol. The SMILES string of the molecule is O=C(O)[C@@H]1C[C@H]1c1ccc(OC(F)(F)F)cc1. The van der Waals surface area contributed by atoms with E-state index in [1.165, 1.54) is 24.3 Å². The van der Waals surface area contributed by atoms with Gasteiger partial charge in [-0.3, -0.25) is 4.79 Å². The summed E-state index contributed by atoms with van der Waals surface area (Å²) in [5.41, 5.74) is 0.729. The number of alkyl halides is 3. The molecule has 1 aromatic carbocycles. The number of carbonyl (C=O) groups is 1. The fourth-order valence-electron chi connectivity index (χ4n) is 1.75. The molecular formula is C11H9F3O3. The quantitative estimate of drug-likeness (QED) is 0.891. The number of halogens is 3. The second kappa shape index (κ2) is 3.94. The molecule has 3 nitrogen and oxygen atoms in total. The third-order valence-electron chi connectivity index (χ3n) is 2.65. The molecule has 0 amide bonds. The van der Waals surface area contributed by atoms with Crippen LogP contribution < -0.4 is 4.74 Å². The molecule has 6 heteroatoms. The van der Waals surface area contributed by atoms with Crippen molar-refractivity contribution in [2.75, 3.05) is 0 Å². The Labute approximate surface area is 94.8 Å². The van der Waals surface area contributed by atoms with Gasteiger partial charge in [-0.1, -0.05) is 12.1 Å². The summed E-state index contributed by atoms with van der Waals surface area (Å²) in [5.74, 6) is -1.67. The summed E-state index contributed by atoms with van der Waals surface area (Å²) in [7, 11) is 0. The van der Waals surface area contributed by atoms with Gasteiger partial charge in [-0.05, 0) is 30.0 Å². The zero-order chi connectivity index (χ0) is 12.6. The Kier molecular flexibility index (Phi) is 2.73. The van der Waals surface area contributed by atoms with Gasteiger partial charge in [0.15, 0.2) is 0 Å². The molecule has 1 saturated carbocycles. The molecule has 0 saturated heterocycles. The van der Waals surface area contributed by atoms with Crippen molar-refractivity contribution in [2.45, 2.75) is 18.7 Å². The first-order valence-electron chi connectivity index (χ1n) is 4.95. The summed E-state index contributed by atoms with van der Waals surface area (Å²) < 4.78 is 39.4. The summed E-state index contributed by atoms with van der Waals surface area (Å²) in [5, 5.41) is 8.72. The normalized spacial score (nSPS) is 23.2. The van der Waals surface area contributed by atoms with Gasteiger partial charge < -0.3 is 9.84 Å². The molecule has 0 aromatic heterocycles. The zero-order valence-electron chi connectivity index (χ0n) is 8.57. The zero-order valence-corrected chi connectivity index (χ0v) is 8.57. The lowest BCUT2D eigenvalue weighted by molar-refractivity contribution is -0.274. The summed E-state index contributed by atoms with van der Waals surface area (Å²) in [6.45, 7) is 0. The van der Waals surface area contributed by atoms with Crippen molar-refractivity contribution in [2.24, 2.45) is 5.92 Å². The predicted octanol–water partition coefficient (Wildman–Crippen LogP) is 2.77. The lowest BCUT2D eigenvalue weighted by Gasteiger charge is -2.09. The largest absolute Gasteiger partial charge is 0.573 e. The van der Waals surface area contributed by atoms with Gasteiger partial charge in [-0.25, -0.2) is 0 Å². The number of carboxylic acids is 1. The van der Waals surface area contributed by atoms with E-state index in [2.05, 4.69) is 4.74 Å². The van der Waals surface area contributed by atoms with Gasteiger partial charge in [0.1, 0.15) is 5.75 Å². The first-order chi connectivity index (χ1) is 7.87. The van der Waals surface area contributed by atoms with Gasteiger partial charge >= 0.3 is 12.3 Å². The molecule has 92 valence electrons. The Morgan fingerprint density at radius 3 is 2.29 bits per heavy atom. The lowest BCUT2D eigenvalue weighted by atomic mass is 10.1. The van der Waals surface area contributed by atoms with E-state index in [1.54, 1.807) is 0 Å². The Morgan fingerprint density at radius 1 is 1.29 bits per heavy atom. The van der Waals surface area contributed by atoms with Crippen LogP contribution in [-0.2, 0) is 4.79 Å². The molecule has 1 aromatic rings. The Balaban J connectivity index is 2.02. The average Bonchev–Trinajstić information content (AvgIpc) is 2.96. The number of aliphatic carboxylic acids is 1. The number of hydrogen-bond donors (Lipinski definition) is 1.